The summed E-state index contributed by atoms with van der Waals surface area (Å²) in [6.45, 7) is 2.18. The van der Waals surface area contributed by atoms with Crippen molar-refractivity contribution in [3.8, 4) is 11.8 Å². The second-order valence-electron chi connectivity index (χ2n) is 5.36. The quantitative estimate of drug-likeness (QED) is 0.740. The number of rotatable bonds is 1. The van der Waals surface area contributed by atoms with E-state index in [9.17, 15) is 0 Å². The van der Waals surface area contributed by atoms with Gasteiger partial charge in [0.25, 0.3) is 0 Å². The van der Waals surface area contributed by atoms with E-state index in [2.05, 4.69) is 42.8 Å². The van der Waals surface area contributed by atoms with Crippen LogP contribution in [0, 0.1) is 11.8 Å². The lowest BCUT2D eigenvalue weighted by Crippen LogP contribution is -2.30. The maximum Gasteiger partial charge on any atom is 0.175 e. The van der Waals surface area contributed by atoms with Crippen molar-refractivity contribution in [1.82, 2.24) is 4.90 Å². The molecule has 1 heterocycles. The van der Waals surface area contributed by atoms with Gasteiger partial charge in [-0.15, -0.1) is 0 Å². The molecule has 0 saturated carbocycles. The van der Waals surface area contributed by atoms with Crippen LogP contribution in [0.3, 0.4) is 0 Å². The number of nitrogens with zero attached hydrogens (tertiary/aromatic N) is 1. The number of benzene rings is 2. The van der Waals surface area contributed by atoms with Gasteiger partial charge in [-0.25, -0.2) is 0 Å². The molecule has 3 atom stereocenters. The van der Waals surface area contributed by atoms with E-state index in [0.29, 0.717) is 6.04 Å². The summed E-state index contributed by atoms with van der Waals surface area (Å²) in [7, 11) is 2.07. The van der Waals surface area contributed by atoms with E-state index in [0.717, 1.165) is 5.56 Å². The summed E-state index contributed by atoms with van der Waals surface area (Å²) in [6.07, 6.45) is -0.0864. The summed E-state index contributed by atoms with van der Waals surface area (Å²) >= 11 is 0. The van der Waals surface area contributed by atoms with Crippen LogP contribution in [0.1, 0.15) is 24.2 Å². The number of hydrogen-bond donors (Lipinski definition) is 0. The molecule has 1 aliphatic rings. The fourth-order valence-corrected chi connectivity index (χ4v) is 2.58. The van der Waals surface area contributed by atoms with Crippen LogP contribution in [0.25, 0.3) is 0 Å². The molecule has 3 rings (SSSR count). The first-order valence-electron chi connectivity index (χ1n) is 7.24. The molecule has 0 bridgehead atoms. The van der Waals surface area contributed by atoms with Gasteiger partial charge in [0, 0.05) is 11.6 Å². The molecule has 21 heavy (non-hydrogen) atoms. The van der Waals surface area contributed by atoms with Crippen LogP contribution in [0.5, 0.6) is 0 Å². The highest BCUT2D eigenvalue weighted by molar-refractivity contribution is 5.35. The van der Waals surface area contributed by atoms with Crippen LogP contribution in [0.2, 0.25) is 0 Å². The molecule has 0 spiro atoms. The van der Waals surface area contributed by atoms with Crippen molar-refractivity contribution in [3.63, 3.8) is 0 Å². The Morgan fingerprint density at radius 3 is 2.24 bits per heavy atom. The fraction of sp³-hybridized carbons (Fsp3) is 0.263. The first-order valence-corrected chi connectivity index (χ1v) is 7.24. The van der Waals surface area contributed by atoms with Crippen LogP contribution >= 0.6 is 0 Å². The summed E-state index contributed by atoms with van der Waals surface area (Å²) in [5.74, 6) is 6.42. The van der Waals surface area contributed by atoms with E-state index in [1.807, 2.05) is 48.5 Å². The van der Waals surface area contributed by atoms with Crippen LogP contribution in [-0.4, -0.2) is 24.2 Å². The summed E-state index contributed by atoms with van der Waals surface area (Å²) < 4.78 is 6.15. The summed E-state index contributed by atoms with van der Waals surface area (Å²) in [6, 6.07) is 20.7. The van der Waals surface area contributed by atoms with E-state index >= 15 is 0 Å². The Kier molecular flexibility index (Phi) is 4.06. The van der Waals surface area contributed by atoms with Crippen molar-refractivity contribution < 1.29 is 4.74 Å². The zero-order chi connectivity index (χ0) is 14.7. The lowest BCUT2D eigenvalue weighted by molar-refractivity contribution is 0.0471. The summed E-state index contributed by atoms with van der Waals surface area (Å²) in [5, 5.41) is 0. The van der Waals surface area contributed by atoms with Crippen LogP contribution < -0.4 is 0 Å². The molecule has 1 aliphatic heterocycles. The van der Waals surface area contributed by atoms with Crippen molar-refractivity contribution in [1.29, 1.82) is 0 Å². The van der Waals surface area contributed by atoms with E-state index in [4.69, 9.17) is 4.74 Å². The minimum atomic E-state index is -0.162. The Bertz CT molecular complexity index is 642. The third kappa shape index (κ3) is 3.00. The van der Waals surface area contributed by atoms with Crippen LogP contribution in [0.4, 0.5) is 0 Å². The SMILES string of the molecule is C[C@H]1[C@H](c2ccccc2)O[C@H](C#Cc2ccccc2)N1C. The molecule has 0 unspecified atom stereocenters. The predicted molar refractivity (Wildman–Crippen MR) is 84.6 cm³/mol. The molecule has 1 saturated heterocycles. The van der Waals surface area contributed by atoms with E-state index < -0.39 is 0 Å². The third-order valence-electron chi connectivity index (χ3n) is 3.97. The Hall–Kier alpha value is -2.08. The van der Waals surface area contributed by atoms with Gasteiger partial charge in [0.1, 0.15) is 6.10 Å². The molecule has 0 aromatic heterocycles. The number of hydrogen-bond acceptors (Lipinski definition) is 2. The van der Waals surface area contributed by atoms with Gasteiger partial charge in [-0.3, -0.25) is 4.90 Å². The van der Waals surface area contributed by atoms with E-state index in [-0.39, 0.29) is 12.3 Å². The molecule has 2 heteroatoms. The highest BCUT2D eigenvalue weighted by Crippen LogP contribution is 2.33. The zero-order valence-electron chi connectivity index (χ0n) is 12.4. The summed E-state index contributed by atoms with van der Waals surface area (Å²) in [5.41, 5.74) is 2.23. The van der Waals surface area contributed by atoms with Crippen LogP contribution in [-0.2, 0) is 4.74 Å². The average Bonchev–Trinajstić information content (AvgIpc) is 2.83. The molecule has 106 valence electrons. The minimum Gasteiger partial charge on any atom is -0.342 e. The average molecular weight is 277 g/mol. The third-order valence-corrected chi connectivity index (χ3v) is 3.97. The highest BCUT2D eigenvalue weighted by Gasteiger charge is 2.36. The van der Waals surface area contributed by atoms with Gasteiger partial charge >= 0.3 is 0 Å². The number of ether oxygens (including phenoxy) is 1. The molecular weight excluding hydrogens is 258 g/mol. The van der Waals surface area contributed by atoms with Crippen molar-refractivity contribution >= 4 is 0 Å². The Morgan fingerprint density at radius 1 is 0.952 bits per heavy atom. The molecule has 0 radical (unpaired) electrons. The Morgan fingerprint density at radius 2 is 1.57 bits per heavy atom. The van der Waals surface area contributed by atoms with E-state index in [1.165, 1.54) is 5.56 Å². The van der Waals surface area contributed by atoms with Gasteiger partial charge in [-0.1, -0.05) is 54.5 Å². The van der Waals surface area contributed by atoms with E-state index in [1.54, 1.807) is 0 Å². The monoisotopic (exact) mass is 277 g/mol. The first-order chi connectivity index (χ1) is 10.3. The standard InChI is InChI=1S/C19H19NO/c1-15-19(17-11-7-4-8-12-17)21-18(20(15)2)14-13-16-9-5-3-6-10-16/h3-12,15,18-19H,1-2H3/t15-,18+,19+/m0/s1. The fourth-order valence-electron chi connectivity index (χ4n) is 2.58. The second kappa shape index (κ2) is 6.13. The Balaban J connectivity index is 1.78. The lowest BCUT2D eigenvalue weighted by Gasteiger charge is -2.18. The first kappa shape index (κ1) is 13.9. The zero-order valence-corrected chi connectivity index (χ0v) is 12.4. The second-order valence-corrected chi connectivity index (χ2v) is 5.36. The highest BCUT2D eigenvalue weighted by atomic mass is 16.5. The molecule has 1 fully saturated rings. The smallest absolute Gasteiger partial charge is 0.175 e. The topological polar surface area (TPSA) is 12.5 Å². The van der Waals surface area contributed by atoms with Crippen molar-refractivity contribution in [2.24, 2.45) is 0 Å². The molecule has 2 aromatic rings. The maximum absolute atomic E-state index is 6.15. The lowest BCUT2D eigenvalue weighted by atomic mass is 10.0. The molecule has 2 nitrogen and oxygen atoms in total. The van der Waals surface area contributed by atoms with Gasteiger partial charge in [0.05, 0.1) is 0 Å². The molecular formula is C19H19NO. The van der Waals surface area contributed by atoms with Gasteiger partial charge in [0.15, 0.2) is 6.23 Å². The normalized spacial score (nSPS) is 25.3. The molecule has 0 aliphatic carbocycles. The molecule has 0 N–H and O–H groups in total. The maximum atomic E-state index is 6.15. The van der Waals surface area contributed by atoms with Gasteiger partial charge in [-0.05, 0) is 37.6 Å². The predicted octanol–water partition coefficient (Wildman–Crippen LogP) is 3.46. The number of likely N-dealkylation sites (N-methyl/N-ethyl adjacent to an activating group) is 1. The van der Waals surface area contributed by atoms with Crippen molar-refractivity contribution in [2.75, 3.05) is 7.05 Å². The van der Waals surface area contributed by atoms with Crippen molar-refractivity contribution in [3.05, 3.63) is 71.8 Å². The van der Waals surface area contributed by atoms with Crippen molar-refractivity contribution in [2.45, 2.75) is 25.3 Å². The van der Waals surface area contributed by atoms with Gasteiger partial charge in [-0.2, -0.15) is 0 Å². The van der Waals surface area contributed by atoms with Gasteiger partial charge in [0.2, 0.25) is 0 Å². The van der Waals surface area contributed by atoms with Crippen LogP contribution in [0.15, 0.2) is 60.7 Å². The molecule has 2 aromatic carbocycles. The largest absolute Gasteiger partial charge is 0.342 e. The molecule has 0 amide bonds. The Labute approximate surface area is 126 Å². The summed E-state index contributed by atoms with van der Waals surface area (Å²) in [4.78, 5) is 2.19. The minimum absolute atomic E-state index is 0.0753. The van der Waals surface area contributed by atoms with Gasteiger partial charge < -0.3 is 4.74 Å².